The fraction of sp³-hybridized carbons (Fsp3) is 0.455. The number of nitrogens with zero attached hydrogens (tertiary/aromatic N) is 3. The minimum atomic E-state index is -4.10. The lowest BCUT2D eigenvalue weighted by Gasteiger charge is -2.08. The van der Waals surface area contributed by atoms with Crippen LogP contribution in [0.2, 0.25) is 0 Å². The molecule has 2 aromatic rings. The van der Waals surface area contributed by atoms with Crippen molar-refractivity contribution in [3.05, 3.63) is 29.7 Å². The van der Waals surface area contributed by atoms with Gasteiger partial charge in [-0.25, -0.2) is 9.50 Å². The van der Waals surface area contributed by atoms with E-state index in [0.29, 0.717) is 11.3 Å². The van der Waals surface area contributed by atoms with E-state index in [1.165, 1.54) is 4.52 Å². The lowest BCUT2D eigenvalue weighted by Crippen LogP contribution is -2.04. The highest BCUT2D eigenvalue weighted by Crippen LogP contribution is 2.39. The topological polar surface area (TPSA) is 87.7 Å². The third kappa shape index (κ3) is 3.16. The number of hydrogen-bond acceptors (Lipinski definition) is 3. The minimum absolute atomic E-state index is 0.313. The summed E-state index contributed by atoms with van der Waals surface area (Å²) >= 11 is 0. The molecule has 98 valence electrons. The van der Waals surface area contributed by atoms with Crippen LogP contribution in [0.15, 0.2) is 18.3 Å². The summed E-state index contributed by atoms with van der Waals surface area (Å²) in [6, 6.07) is 3.47. The summed E-state index contributed by atoms with van der Waals surface area (Å²) < 4.78 is 12.6. The summed E-state index contributed by atoms with van der Waals surface area (Å²) in [4.78, 5) is 22.6. The van der Waals surface area contributed by atoms with Crippen LogP contribution in [0.25, 0.3) is 5.65 Å². The normalized spacial score (nSPS) is 12.2. The number of aromatic nitrogens is 3. The van der Waals surface area contributed by atoms with Crippen molar-refractivity contribution in [3.63, 3.8) is 0 Å². The summed E-state index contributed by atoms with van der Waals surface area (Å²) in [7, 11) is -4.10. The Hall–Kier alpha value is -1.23. The second kappa shape index (κ2) is 5.18. The molecule has 18 heavy (non-hydrogen) atoms. The van der Waals surface area contributed by atoms with Gasteiger partial charge in [0.2, 0.25) is 0 Å². The first-order chi connectivity index (χ1) is 8.49. The molecule has 0 bridgehead atoms. The molecule has 0 amide bonds. The zero-order valence-electron chi connectivity index (χ0n) is 10.2. The summed E-state index contributed by atoms with van der Waals surface area (Å²) in [6.45, 7) is 2.09. The van der Waals surface area contributed by atoms with Crippen LogP contribution in [0.4, 0.5) is 0 Å². The zero-order valence-corrected chi connectivity index (χ0v) is 11.0. The van der Waals surface area contributed by atoms with Crippen molar-refractivity contribution in [1.82, 2.24) is 14.6 Å². The predicted octanol–water partition coefficient (Wildman–Crippen LogP) is 1.75. The summed E-state index contributed by atoms with van der Waals surface area (Å²) in [5, 5.41) is 4.04. The van der Waals surface area contributed by atoms with E-state index in [-0.39, 0.29) is 6.16 Å². The molecule has 0 radical (unpaired) electrons. The lowest BCUT2D eigenvalue weighted by atomic mass is 10.2. The molecule has 0 atom stereocenters. The van der Waals surface area contributed by atoms with Crippen LogP contribution in [0.5, 0.6) is 0 Å². The average Bonchev–Trinajstić information content (AvgIpc) is 2.72. The zero-order chi connectivity index (χ0) is 13.2. The van der Waals surface area contributed by atoms with E-state index in [2.05, 4.69) is 17.0 Å². The molecule has 7 heteroatoms. The first kappa shape index (κ1) is 13.2. The molecule has 0 spiro atoms. The molecule has 0 fully saturated rings. The van der Waals surface area contributed by atoms with Gasteiger partial charge in [0.25, 0.3) is 0 Å². The van der Waals surface area contributed by atoms with Gasteiger partial charge in [0, 0.05) is 11.8 Å². The Kier molecular flexibility index (Phi) is 3.80. The molecule has 6 nitrogen and oxygen atoms in total. The Balaban J connectivity index is 2.41. The maximum Gasteiger partial charge on any atom is 0.331 e. The number of hydrogen-bond donors (Lipinski definition) is 2. The van der Waals surface area contributed by atoms with Crippen molar-refractivity contribution in [1.29, 1.82) is 0 Å². The number of fused-ring (bicyclic) bond motifs is 1. The fourth-order valence-corrected chi connectivity index (χ4v) is 2.49. The van der Waals surface area contributed by atoms with Gasteiger partial charge in [0.15, 0.2) is 5.65 Å². The van der Waals surface area contributed by atoms with E-state index in [1.807, 2.05) is 0 Å². The Morgan fingerprint density at radius 1 is 1.44 bits per heavy atom. The first-order valence-electron chi connectivity index (χ1n) is 5.87. The Bertz CT molecular complexity index is 590. The predicted molar refractivity (Wildman–Crippen MR) is 67.3 cm³/mol. The van der Waals surface area contributed by atoms with Crippen LogP contribution in [0, 0.1) is 0 Å². The molecule has 0 aliphatic carbocycles. The SMILES string of the molecule is CCCCc1cc(CP(=O)(O)O)n2nccc2n1. The van der Waals surface area contributed by atoms with Crippen molar-refractivity contribution >= 4 is 13.2 Å². The van der Waals surface area contributed by atoms with Gasteiger partial charge in [0.05, 0.1) is 18.1 Å². The van der Waals surface area contributed by atoms with E-state index in [9.17, 15) is 4.57 Å². The smallest absolute Gasteiger partial charge is 0.324 e. The van der Waals surface area contributed by atoms with Gasteiger partial charge in [0.1, 0.15) is 0 Å². The number of aryl methyl sites for hydroxylation is 1. The molecule has 2 rings (SSSR count). The van der Waals surface area contributed by atoms with E-state index in [4.69, 9.17) is 9.79 Å². The summed E-state index contributed by atoms with van der Waals surface area (Å²) in [5.74, 6) is 0. The second-order valence-electron chi connectivity index (χ2n) is 4.27. The van der Waals surface area contributed by atoms with Gasteiger partial charge in [-0.15, -0.1) is 0 Å². The third-order valence-electron chi connectivity index (χ3n) is 2.64. The van der Waals surface area contributed by atoms with Crippen LogP contribution < -0.4 is 0 Å². The van der Waals surface area contributed by atoms with Crippen molar-refractivity contribution in [2.24, 2.45) is 0 Å². The molecule has 0 aliphatic heterocycles. The molecular formula is C11H16N3O3P. The van der Waals surface area contributed by atoms with Gasteiger partial charge in [-0.2, -0.15) is 5.10 Å². The molecule has 0 saturated carbocycles. The van der Waals surface area contributed by atoms with E-state index in [1.54, 1.807) is 18.3 Å². The molecule has 0 aliphatic rings. The maximum atomic E-state index is 11.1. The Labute approximate surface area is 105 Å². The van der Waals surface area contributed by atoms with Gasteiger partial charge >= 0.3 is 7.60 Å². The highest BCUT2D eigenvalue weighted by molar-refractivity contribution is 7.50. The molecule has 0 unspecified atom stereocenters. The molecule has 0 aromatic carbocycles. The van der Waals surface area contributed by atoms with Gasteiger partial charge < -0.3 is 9.79 Å². The van der Waals surface area contributed by atoms with E-state index < -0.39 is 7.60 Å². The minimum Gasteiger partial charge on any atom is -0.324 e. The van der Waals surface area contributed by atoms with Crippen molar-refractivity contribution in [2.45, 2.75) is 32.3 Å². The largest absolute Gasteiger partial charge is 0.331 e. The molecule has 0 saturated heterocycles. The second-order valence-corrected chi connectivity index (χ2v) is 5.91. The van der Waals surface area contributed by atoms with Gasteiger partial charge in [-0.05, 0) is 18.9 Å². The highest BCUT2D eigenvalue weighted by atomic mass is 31.2. The first-order valence-corrected chi connectivity index (χ1v) is 7.66. The average molecular weight is 269 g/mol. The lowest BCUT2D eigenvalue weighted by molar-refractivity contribution is 0.370. The number of rotatable bonds is 5. The molecule has 2 N–H and O–H groups in total. The maximum absolute atomic E-state index is 11.1. The highest BCUT2D eigenvalue weighted by Gasteiger charge is 2.18. The Morgan fingerprint density at radius 3 is 2.89 bits per heavy atom. The van der Waals surface area contributed by atoms with Crippen molar-refractivity contribution < 1.29 is 14.4 Å². The monoisotopic (exact) mass is 269 g/mol. The van der Waals surface area contributed by atoms with E-state index in [0.717, 1.165) is 25.0 Å². The van der Waals surface area contributed by atoms with Crippen LogP contribution in [0.1, 0.15) is 31.2 Å². The molecule has 2 aromatic heterocycles. The Morgan fingerprint density at radius 2 is 2.22 bits per heavy atom. The van der Waals surface area contributed by atoms with Crippen molar-refractivity contribution in [3.8, 4) is 0 Å². The standard InChI is InChI=1S/C11H16N3O3P/c1-2-3-4-9-7-10(8-18(15,16)17)14-11(13-9)5-6-12-14/h5-7H,2-4,8H2,1H3,(H2,15,16,17). The van der Waals surface area contributed by atoms with E-state index >= 15 is 0 Å². The third-order valence-corrected chi connectivity index (χ3v) is 3.38. The number of unbranched alkanes of at least 4 members (excludes halogenated alkanes) is 1. The van der Waals surface area contributed by atoms with Gasteiger partial charge in [-0.3, -0.25) is 4.57 Å². The fourth-order valence-electron chi connectivity index (χ4n) is 1.84. The van der Waals surface area contributed by atoms with Crippen LogP contribution in [-0.2, 0) is 17.1 Å². The summed E-state index contributed by atoms with van der Waals surface area (Å²) in [5.41, 5.74) is 1.99. The summed E-state index contributed by atoms with van der Waals surface area (Å²) in [6.07, 6.45) is 4.14. The van der Waals surface area contributed by atoms with Crippen LogP contribution in [0.3, 0.4) is 0 Å². The van der Waals surface area contributed by atoms with Crippen molar-refractivity contribution in [2.75, 3.05) is 0 Å². The quantitative estimate of drug-likeness (QED) is 0.807. The molecular weight excluding hydrogens is 253 g/mol. The van der Waals surface area contributed by atoms with Crippen LogP contribution >= 0.6 is 7.60 Å². The van der Waals surface area contributed by atoms with Gasteiger partial charge in [-0.1, -0.05) is 13.3 Å². The molecule has 2 heterocycles. The van der Waals surface area contributed by atoms with Crippen LogP contribution in [-0.4, -0.2) is 24.4 Å².